The van der Waals surface area contributed by atoms with E-state index in [1.54, 1.807) is 18.2 Å². The highest BCUT2D eigenvalue weighted by atomic mass is 35.5. The molecule has 1 N–H and O–H groups in total. The summed E-state index contributed by atoms with van der Waals surface area (Å²) in [5.41, 5.74) is 3.24. The van der Waals surface area contributed by atoms with Gasteiger partial charge < -0.3 is 14.8 Å². The van der Waals surface area contributed by atoms with Crippen molar-refractivity contribution in [2.45, 2.75) is 19.4 Å². The van der Waals surface area contributed by atoms with E-state index in [1.807, 2.05) is 18.2 Å². The molecule has 130 valence electrons. The summed E-state index contributed by atoms with van der Waals surface area (Å²) >= 11 is 6.38. The lowest BCUT2D eigenvalue weighted by atomic mass is 9.99. The first-order valence-corrected chi connectivity index (χ1v) is 8.28. The number of carbonyl (C=O) groups excluding carboxylic acids is 2. The lowest BCUT2D eigenvalue weighted by Crippen LogP contribution is -2.32. The first kappa shape index (κ1) is 17.3. The number of ether oxygens (including phenoxy) is 2. The number of hydrogen-bond acceptors (Lipinski definition) is 4. The highest BCUT2D eigenvalue weighted by Crippen LogP contribution is 2.39. The predicted octanol–water partition coefficient (Wildman–Crippen LogP) is 3.23. The Morgan fingerprint density at radius 1 is 1.28 bits per heavy atom. The maximum Gasteiger partial charge on any atom is 0.337 e. The van der Waals surface area contributed by atoms with Gasteiger partial charge in [0.2, 0.25) is 5.91 Å². The number of esters is 1. The molecule has 1 aliphatic heterocycles. The number of carbonyl (C=O) groups is 2. The van der Waals surface area contributed by atoms with Crippen molar-refractivity contribution in [3.05, 3.63) is 52.5 Å². The second kappa shape index (κ2) is 7.15. The van der Waals surface area contributed by atoms with E-state index >= 15 is 0 Å². The van der Waals surface area contributed by atoms with Crippen molar-refractivity contribution in [1.82, 2.24) is 5.32 Å². The van der Waals surface area contributed by atoms with Gasteiger partial charge in [0.25, 0.3) is 0 Å². The maximum atomic E-state index is 11.7. The molecule has 0 aromatic heterocycles. The Morgan fingerprint density at radius 2 is 2.08 bits per heavy atom. The summed E-state index contributed by atoms with van der Waals surface area (Å²) < 4.78 is 10.6. The quantitative estimate of drug-likeness (QED) is 0.851. The number of methoxy groups -OCH3 is 1. The van der Waals surface area contributed by atoms with Gasteiger partial charge in [0.1, 0.15) is 11.9 Å². The van der Waals surface area contributed by atoms with Gasteiger partial charge >= 0.3 is 5.97 Å². The SMILES string of the molecule is COC(=O)c1cccc(-c2cc(Cl)c3c(c2)C[C@H](CNC(C)=O)O3)c1. The molecule has 0 bridgehead atoms. The van der Waals surface area contributed by atoms with Gasteiger partial charge in [0.05, 0.1) is 24.2 Å². The van der Waals surface area contributed by atoms with E-state index < -0.39 is 0 Å². The standard InChI is InChI=1S/C19H18ClNO4/c1-11(22)21-10-16-8-15-7-14(9-17(20)18(15)25-16)12-4-3-5-13(6-12)19(23)24-2/h3-7,9,16H,8,10H2,1-2H3,(H,21,22)/t16-/m1/s1. The fraction of sp³-hybridized carbons (Fsp3) is 0.263. The van der Waals surface area contributed by atoms with Crippen molar-refractivity contribution in [3.63, 3.8) is 0 Å². The van der Waals surface area contributed by atoms with Crippen LogP contribution in [-0.4, -0.2) is 31.6 Å². The number of fused-ring (bicyclic) bond motifs is 1. The van der Waals surface area contributed by atoms with Gasteiger partial charge in [-0.2, -0.15) is 0 Å². The fourth-order valence-corrected chi connectivity index (χ4v) is 3.15. The summed E-state index contributed by atoms with van der Waals surface area (Å²) in [5, 5.41) is 3.27. The minimum Gasteiger partial charge on any atom is -0.486 e. The van der Waals surface area contributed by atoms with Gasteiger partial charge in [-0.15, -0.1) is 0 Å². The summed E-state index contributed by atoms with van der Waals surface area (Å²) in [6, 6.07) is 11.0. The zero-order valence-electron chi connectivity index (χ0n) is 14.0. The minimum atomic E-state index is -0.382. The van der Waals surface area contributed by atoms with Gasteiger partial charge in [0.15, 0.2) is 0 Å². The van der Waals surface area contributed by atoms with Crippen LogP contribution in [0.4, 0.5) is 0 Å². The summed E-state index contributed by atoms with van der Waals surface area (Å²) in [5.74, 6) is 0.184. The van der Waals surface area contributed by atoms with Crippen molar-refractivity contribution in [2.75, 3.05) is 13.7 Å². The number of halogens is 1. The second-order valence-corrected chi connectivity index (χ2v) is 6.31. The molecule has 1 heterocycles. The van der Waals surface area contributed by atoms with E-state index in [-0.39, 0.29) is 18.0 Å². The highest BCUT2D eigenvalue weighted by Gasteiger charge is 2.26. The highest BCUT2D eigenvalue weighted by molar-refractivity contribution is 6.32. The van der Waals surface area contributed by atoms with Crippen molar-refractivity contribution >= 4 is 23.5 Å². The molecule has 0 unspecified atom stereocenters. The molecule has 2 aromatic carbocycles. The molecule has 0 radical (unpaired) electrons. The average Bonchev–Trinajstić information content (AvgIpc) is 3.03. The van der Waals surface area contributed by atoms with E-state index in [2.05, 4.69) is 5.32 Å². The largest absolute Gasteiger partial charge is 0.486 e. The maximum absolute atomic E-state index is 11.7. The summed E-state index contributed by atoms with van der Waals surface area (Å²) in [4.78, 5) is 22.8. The van der Waals surface area contributed by atoms with E-state index in [9.17, 15) is 9.59 Å². The number of hydrogen-bond donors (Lipinski definition) is 1. The molecular formula is C19H18ClNO4. The van der Waals surface area contributed by atoms with Crippen LogP contribution in [0.3, 0.4) is 0 Å². The molecule has 1 amide bonds. The molecule has 1 aliphatic rings. The molecule has 0 spiro atoms. The summed E-state index contributed by atoms with van der Waals surface area (Å²) in [7, 11) is 1.35. The van der Waals surface area contributed by atoms with Gasteiger partial charge in [-0.1, -0.05) is 23.7 Å². The molecule has 2 aromatic rings. The zero-order valence-corrected chi connectivity index (χ0v) is 14.7. The first-order valence-electron chi connectivity index (χ1n) is 7.90. The van der Waals surface area contributed by atoms with Crippen LogP contribution in [0, 0.1) is 0 Å². The van der Waals surface area contributed by atoms with Crippen LogP contribution in [0.25, 0.3) is 11.1 Å². The Bertz CT molecular complexity index is 834. The third-order valence-corrected chi connectivity index (χ3v) is 4.33. The third-order valence-electron chi connectivity index (χ3n) is 4.05. The Balaban J connectivity index is 1.87. The fourth-order valence-electron chi connectivity index (χ4n) is 2.87. The Morgan fingerprint density at radius 3 is 2.80 bits per heavy atom. The van der Waals surface area contributed by atoms with Crippen molar-refractivity contribution < 1.29 is 19.1 Å². The molecule has 0 aliphatic carbocycles. The third kappa shape index (κ3) is 3.77. The number of amides is 1. The van der Waals surface area contributed by atoms with E-state index in [0.717, 1.165) is 16.7 Å². The van der Waals surface area contributed by atoms with Crippen LogP contribution in [0.5, 0.6) is 5.75 Å². The second-order valence-electron chi connectivity index (χ2n) is 5.90. The molecule has 0 saturated heterocycles. The molecule has 3 rings (SSSR count). The lowest BCUT2D eigenvalue weighted by molar-refractivity contribution is -0.119. The van der Waals surface area contributed by atoms with E-state index in [4.69, 9.17) is 21.1 Å². The molecule has 0 saturated carbocycles. The van der Waals surface area contributed by atoms with Gasteiger partial charge in [-0.05, 0) is 35.4 Å². The number of benzene rings is 2. The van der Waals surface area contributed by atoms with Crippen LogP contribution in [0.1, 0.15) is 22.8 Å². The van der Waals surface area contributed by atoms with Crippen molar-refractivity contribution in [2.24, 2.45) is 0 Å². The summed E-state index contributed by atoms with van der Waals surface area (Å²) in [6.07, 6.45) is 0.535. The van der Waals surface area contributed by atoms with Gasteiger partial charge in [-0.3, -0.25) is 4.79 Å². The zero-order chi connectivity index (χ0) is 18.0. The Kier molecular flexibility index (Phi) is 4.95. The molecule has 6 heteroatoms. The monoisotopic (exact) mass is 359 g/mol. The van der Waals surface area contributed by atoms with E-state index in [1.165, 1.54) is 14.0 Å². The first-order chi connectivity index (χ1) is 12.0. The van der Waals surface area contributed by atoms with Crippen LogP contribution in [0.2, 0.25) is 5.02 Å². The Labute approximate surface area is 150 Å². The molecule has 0 fully saturated rings. The number of nitrogens with one attached hydrogen (secondary N) is 1. The van der Waals surface area contributed by atoms with Gasteiger partial charge in [0, 0.05) is 18.9 Å². The van der Waals surface area contributed by atoms with E-state index in [0.29, 0.717) is 29.3 Å². The number of rotatable bonds is 4. The Hall–Kier alpha value is -2.53. The predicted molar refractivity (Wildman–Crippen MR) is 95.0 cm³/mol. The smallest absolute Gasteiger partial charge is 0.337 e. The van der Waals surface area contributed by atoms with Crippen LogP contribution >= 0.6 is 11.6 Å². The molecule has 5 nitrogen and oxygen atoms in total. The topological polar surface area (TPSA) is 64.6 Å². The van der Waals surface area contributed by atoms with Gasteiger partial charge in [-0.25, -0.2) is 4.79 Å². The normalized spacial score (nSPS) is 15.2. The van der Waals surface area contributed by atoms with Crippen LogP contribution < -0.4 is 10.1 Å². The summed E-state index contributed by atoms with van der Waals surface area (Å²) in [6.45, 7) is 1.91. The molecule has 1 atom stereocenters. The average molecular weight is 360 g/mol. The van der Waals surface area contributed by atoms with Crippen LogP contribution in [0.15, 0.2) is 36.4 Å². The van der Waals surface area contributed by atoms with Crippen molar-refractivity contribution in [3.8, 4) is 16.9 Å². The van der Waals surface area contributed by atoms with Crippen molar-refractivity contribution in [1.29, 1.82) is 0 Å². The molecule has 25 heavy (non-hydrogen) atoms. The van der Waals surface area contributed by atoms with Crippen LogP contribution in [-0.2, 0) is 16.0 Å². The minimum absolute atomic E-state index is 0.0917. The molecular weight excluding hydrogens is 342 g/mol. The lowest BCUT2D eigenvalue weighted by Gasteiger charge is -2.11.